The average molecular weight is 341 g/mol. The van der Waals surface area contributed by atoms with Crippen molar-refractivity contribution in [3.63, 3.8) is 0 Å². The Hall–Kier alpha value is -2.76. The molecule has 1 aliphatic rings. The molecule has 1 fully saturated rings. The summed E-state index contributed by atoms with van der Waals surface area (Å²) < 4.78 is 10.4. The van der Waals surface area contributed by atoms with Crippen molar-refractivity contribution < 1.29 is 14.3 Å². The maximum absolute atomic E-state index is 11.7. The summed E-state index contributed by atoms with van der Waals surface area (Å²) in [7, 11) is 1.70. The van der Waals surface area contributed by atoms with E-state index in [1.165, 1.54) is 0 Å². The van der Waals surface area contributed by atoms with Crippen LogP contribution in [0.15, 0.2) is 42.6 Å². The van der Waals surface area contributed by atoms with Crippen LogP contribution >= 0.6 is 0 Å². The number of piperazine rings is 1. The van der Waals surface area contributed by atoms with Crippen molar-refractivity contribution in [2.45, 2.75) is 6.92 Å². The van der Waals surface area contributed by atoms with Gasteiger partial charge in [-0.3, -0.25) is 0 Å². The fraction of sp³-hybridized carbons (Fsp3) is 0.368. The Kier molecular flexibility index (Phi) is 5.38. The Morgan fingerprint density at radius 1 is 1.08 bits per heavy atom. The van der Waals surface area contributed by atoms with E-state index in [0.29, 0.717) is 12.2 Å². The van der Waals surface area contributed by atoms with E-state index in [2.05, 4.69) is 20.9 Å². The van der Waals surface area contributed by atoms with Crippen molar-refractivity contribution in [3.8, 4) is 5.75 Å². The standard InChI is InChI=1S/C19H23N3O3/c1-3-25-19(23)15-8-9-18(20-14-15)22-12-10-21(11-13-22)16-6-4-5-7-17(16)24-2/h4-9,14H,3,10-13H2,1-2H3. The number of para-hydroxylation sites is 2. The Labute approximate surface area is 148 Å². The lowest BCUT2D eigenvalue weighted by molar-refractivity contribution is 0.0526. The zero-order valence-electron chi connectivity index (χ0n) is 14.6. The van der Waals surface area contributed by atoms with Crippen LogP contribution in [0.25, 0.3) is 0 Å². The summed E-state index contributed by atoms with van der Waals surface area (Å²) in [6, 6.07) is 11.7. The Morgan fingerprint density at radius 3 is 2.44 bits per heavy atom. The molecule has 6 nitrogen and oxygen atoms in total. The number of nitrogens with zero attached hydrogens (tertiary/aromatic N) is 3. The topological polar surface area (TPSA) is 54.9 Å². The van der Waals surface area contributed by atoms with Gasteiger partial charge in [0.25, 0.3) is 0 Å². The Morgan fingerprint density at radius 2 is 1.80 bits per heavy atom. The molecule has 0 amide bonds. The molecular weight excluding hydrogens is 318 g/mol. The van der Waals surface area contributed by atoms with Gasteiger partial charge in [0.2, 0.25) is 0 Å². The van der Waals surface area contributed by atoms with Crippen LogP contribution in [0.4, 0.5) is 11.5 Å². The predicted octanol–water partition coefficient (Wildman–Crippen LogP) is 2.59. The minimum atomic E-state index is -0.331. The molecule has 2 heterocycles. The van der Waals surface area contributed by atoms with E-state index >= 15 is 0 Å². The van der Waals surface area contributed by atoms with Crippen molar-refractivity contribution >= 4 is 17.5 Å². The van der Waals surface area contributed by atoms with Crippen LogP contribution in [0.1, 0.15) is 17.3 Å². The lowest BCUT2D eigenvalue weighted by Gasteiger charge is -2.37. The number of rotatable bonds is 5. The highest BCUT2D eigenvalue weighted by molar-refractivity contribution is 5.89. The number of hydrogen-bond donors (Lipinski definition) is 0. The highest BCUT2D eigenvalue weighted by atomic mass is 16.5. The van der Waals surface area contributed by atoms with Crippen LogP contribution in [0.3, 0.4) is 0 Å². The quantitative estimate of drug-likeness (QED) is 0.779. The summed E-state index contributed by atoms with van der Waals surface area (Å²) in [5.74, 6) is 1.45. The number of hydrogen-bond acceptors (Lipinski definition) is 6. The first-order valence-electron chi connectivity index (χ1n) is 8.49. The molecule has 0 bridgehead atoms. The van der Waals surface area contributed by atoms with Gasteiger partial charge in [-0.15, -0.1) is 0 Å². The molecule has 0 atom stereocenters. The van der Waals surface area contributed by atoms with Crippen LogP contribution in [0.5, 0.6) is 5.75 Å². The maximum atomic E-state index is 11.7. The Balaban J connectivity index is 1.63. The average Bonchev–Trinajstić information content (AvgIpc) is 2.68. The van der Waals surface area contributed by atoms with Crippen molar-refractivity contribution in [1.82, 2.24) is 4.98 Å². The van der Waals surface area contributed by atoms with Crippen LogP contribution < -0.4 is 14.5 Å². The molecule has 2 aromatic rings. The minimum absolute atomic E-state index is 0.331. The van der Waals surface area contributed by atoms with Gasteiger partial charge in [-0.1, -0.05) is 12.1 Å². The number of anilines is 2. The van der Waals surface area contributed by atoms with E-state index in [-0.39, 0.29) is 5.97 Å². The third-order valence-corrected chi connectivity index (χ3v) is 4.29. The Bertz CT molecular complexity index is 710. The number of aromatic nitrogens is 1. The molecule has 0 spiro atoms. The number of methoxy groups -OCH3 is 1. The molecule has 1 aromatic heterocycles. The molecular formula is C19H23N3O3. The van der Waals surface area contributed by atoms with Crippen LogP contribution in [-0.4, -0.2) is 50.8 Å². The number of carbonyl (C=O) groups is 1. The second kappa shape index (κ2) is 7.88. The summed E-state index contributed by atoms with van der Waals surface area (Å²) in [5.41, 5.74) is 1.61. The molecule has 0 aliphatic carbocycles. The normalized spacial score (nSPS) is 14.3. The second-order valence-corrected chi connectivity index (χ2v) is 5.77. The number of benzene rings is 1. The van der Waals surface area contributed by atoms with Crippen molar-refractivity contribution in [2.75, 3.05) is 49.7 Å². The molecule has 0 N–H and O–H groups in total. The molecule has 1 aliphatic heterocycles. The van der Waals surface area contributed by atoms with Gasteiger partial charge in [0.05, 0.1) is 25.0 Å². The van der Waals surface area contributed by atoms with Gasteiger partial charge >= 0.3 is 5.97 Å². The zero-order valence-corrected chi connectivity index (χ0v) is 14.6. The fourth-order valence-electron chi connectivity index (χ4n) is 2.98. The van der Waals surface area contributed by atoms with Crippen LogP contribution in [-0.2, 0) is 4.74 Å². The fourth-order valence-corrected chi connectivity index (χ4v) is 2.98. The van der Waals surface area contributed by atoms with E-state index in [1.807, 2.05) is 24.3 Å². The summed E-state index contributed by atoms with van der Waals surface area (Å²) in [6.45, 7) is 5.67. The highest BCUT2D eigenvalue weighted by Crippen LogP contribution is 2.28. The minimum Gasteiger partial charge on any atom is -0.495 e. The summed E-state index contributed by atoms with van der Waals surface area (Å²) in [6.07, 6.45) is 1.58. The molecule has 1 aromatic carbocycles. The van der Waals surface area contributed by atoms with E-state index < -0.39 is 0 Å². The number of ether oxygens (including phenoxy) is 2. The highest BCUT2D eigenvalue weighted by Gasteiger charge is 2.20. The molecule has 25 heavy (non-hydrogen) atoms. The zero-order chi connectivity index (χ0) is 17.6. The number of pyridine rings is 1. The molecule has 0 saturated carbocycles. The monoisotopic (exact) mass is 341 g/mol. The van der Waals surface area contributed by atoms with E-state index in [1.54, 1.807) is 26.3 Å². The predicted molar refractivity (Wildman–Crippen MR) is 97.6 cm³/mol. The van der Waals surface area contributed by atoms with Gasteiger partial charge in [-0.25, -0.2) is 9.78 Å². The van der Waals surface area contributed by atoms with Crippen molar-refractivity contribution in [3.05, 3.63) is 48.2 Å². The summed E-state index contributed by atoms with van der Waals surface area (Å²) >= 11 is 0. The number of esters is 1. The van der Waals surface area contributed by atoms with Gasteiger partial charge in [-0.05, 0) is 31.2 Å². The second-order valence-electron chi connectivity index (χ2n) is 5.77. The first kappa shape index (κ1) is 17.1. The van der Waals surface area contributed by atoms with E-state index in [9.17, 15) is 4.79 Å². The SMILES string of the molecule is CCOC(=O)c1ccc(N2CCN(c3ccccc3OC)CC2)nc1. The summed E-state index contributed by atoms with van der Waals surface area (Å²) in [4.78, 5) is 20.7. The number of carbonyl (C=O) groups excluding carboxylic acids is 1. The van der Waals surface area contributed by atoms with E-state index in [4.69, 9.17) is 9.47 Å². The summed E-state index contributed by atoms with van der Waals surface area (Å²) in [5, 5.41) is 0. The molecule has 0 radical (unpaired) electrons. The first-order valence-corrected chi connectivity index (χ1v) is 8.49. The third-order valence-electron chi connectivity index (χ3n) is 4.29. The van der Waals surface area contributed by atoms with Gasteiger partial charge in [-0.2, -0.15) is 0 Å². The van der Waals surface area contributed by atoms with Crippen molar-refractivity contribution in [2.24, 2.45) is 0 Å². The van der Waals surface area contributed by atoms with Crippen LogP contribution in [0.2, 0.25) is 0 Å². The molecule has 132 valence electrons. The van der Waals surface area contributed by atoms with Crippen molar-refractivity contribution in [1.29, 1.82) is 0 Å². The lowest BCUT2D eigenvalue weighted by atomic mass is 10.2. The molecule has 0 unspecified atom stereocenters. The van der Waals surface area contributed by atoms with E-state index in [0.717, 1.165) is 43.4 Å². The van der Waals surface area contributed by atoms with Gasteiger partial charge in [0, 0.05) is 32.4 Å². The maximum Gasteiger partial charge on any atom is 0.339 e. The van der Waals surface area contributed by atoms with Gasteiger partial charge in [0.15, 0.2) is 0 Å². The first-order chi connectivity index (χ1) is 12.2. The van der Waals surface area contributed by atoms with Crippen LogP contribution in [0, 0.1) is 0 Å². The largest absolute Gasteiger partial charge is 0.495 e. The third kappa shape index (κ3) is 3.84. The smallest absolute Gasteiger partial charge is 0.339 e. The molecule has 1 saturated heterocycles. The molecule has 6 heteroatoms. The van der Waals surface area contributed by atoms with Gasteiger partial charge in [0.1, 0.15) is 11.6 Å². The lowest BCUT2D eigenvalue weighted by Crippen LogP contribution is -2.46. The van der Waals surface area contributed by atoms with Gasteiger partial charge < -0.3 is 19.3 Å². The molecule has 3 rings (SSSR count).